The lowest BCUT2D eigenvalue weighted by Gasteiger charge is -2.13. The Morgan fingerprint density at radius 2 is 2.38 bits per heavy atom. The SMILES string of the molecule is CCN1C(=O)CS/C1=C\c1cccc[n+]1C. The van der Waals surface area contributed by atoms with Crippen LogP contribution in [0.1, 0.15) is 12.6 Å². The monoisotopic (exact) mass is 235 g/mol. The molecule has 1 aliphatic rings. The zero-order valence-corrected chi connectivity index (χ0v) is 10.3. The average Bonchev–Trinajstić information content (AvgIpc) is 2.63. The Hall–Kier alpha value is -1.29. The molecule has 4 heteroatoms. The van der Waals surface area contributed by atoms with E-state index in [1.165, 1.54) is 0 Å². The van der Waals surface area contributed by atoms with Crippen molar-refractivity contribution in [2.24, 2.45) is 7.05 Å². The van der Waals surface area contributed by atoms with Crippen LogP contribution in [0.4, 0.5) is 0 Å². The highest BCUT2D eigenvalue weighted by Crippen LogP contribution is 2.29. The first-order valence-electron chi connectivity index (χ1n) is 5.32. The van der Waals surface area contributed by atoms with Crippen LogP contribution in [0.15, 0.2) is 29.4 Å². The Morgan fingerprint density at radius 1 is 1.56 bits per heavy atom. The van der Waals surface area contributed by atoms with Crippen LogP contribution in [-0.2, 0) is 11.8 Å². The lowest BCUT2D eigenvalue weighted by Crippen LogP contribution is -2.31. The van der Waals surface area contributed by atoms with Crippen molar-refractivity contribution >= 4 is 23.7 Å². The molecule has 0 saturated carbocycles. The first-order valence-corrected chi connectivity index (χ1v) is 6.30. The third-order valence-corrected chi connectivity index (χ3v) is 3.62. The molecule has 0 spiro atoms. The molecule has 16 heavy (non-hydrogen) atoms. The molecule has 2 heterocycles. The maximum Gasteiger partial charge on any atom is 0.237 e. The zero-order chi connectivity index (χ0) is 11.5. The van der Waals surface area contributed by atoms with Crippen molar-refractivity contribution in [2.75, 3.05) is 12.3 Å². The molecule has 0 N–H and O–H groups in total. The molecule has 0 radical (unpaired) electrons. The number of carbonyl (C=O) groups is 1. The fourth-order valence-electron chi connectivity index (χ4n) is 1.68. The molecular weight excluding hydrogens is 220 g/mol. The molecule has 1 fully saturated rings. The minimum Gasteiger partial charge on any atom is -0.306 e. The Bertz CT molecular complexity index is 442. The lowest BCUT2D eigenvalue weighted by molar-refractivity contribution is -0.673. The molecule has 1 aromatic rings. The number of aromatic nitrogens is 1. The summed E-state index contributed by atoms with van der Waals surface area (Å²) in [4.78, 5) is 13.4. The van der Waals surface area contributed by atoms with Gasteiger partial charge < -0.3 is 4.90 Å². The number of thioether (sulfide) groups is 1. The zero-order valence-electron chi connectivity index (χ0n) is 9.51. The summed E-state index contributed by atoms with van der Waals surface area (Å²) in [7, 11) is 2.00. The standard InChI is InChI=1S/C12H15N2OS/c1-3-14-11(15)9-16-12(14)8-10-6-4-5-7-13(10)2/h4-8H,3,9H2,1-2H3/q+1. The molecule has 1 amide bonds. The molecule has 2 rings (SSSR count). The van der Waals surface area contributed by atoms with Gasteiger partial charge in [-0.1, -0.05) is 11.8 Å². The molecule has 0 aliphatic carbocycles. The van der Waals surface area contributed by atoms with Crippen molar-refractivity contribution in [2.45, 2.75) is 6.92 Å². The molecule has 1 saturated heterocycles. The van der Waals surface area contributed by atoms with Crippen molar-refractivity contribution in [1.82, 2.24) is 4.90 Å². The van der Waals surface area contributed by atoms with E-state index in [2.05, 4.69) is 6.08 Å². The summed E-state index contributed by atoms with van der Waals surface area (Å²) in [5.74, 6) is 0.772. The number of aryl methyl sites for hydroxylation is 1. The maximum atomic E-state index is 11.5. The predicted molar refractivity (Wildman–Crippen MR) is 65.4 cm³/mol. The van der Waals surface area contributed by atoms with E-state index in [0.717, 1.165) is 17.3 Å². The normalized spacial score (nSPS) is 18.5. The minimum absolute atomic E-state index is 0.206. The van der Waals surface area contributed by atoms with Gasteiger partial charge in [-0.15, -0.1) is 0 Å². The van der Waals surface area contributed by atoms with Gasteiger partial charge >= 0.3 is 0 Å². The van der Waals surface area contributed by atoms with E-state index >= 15 is 0 Å². The first kappa shape index (κ1) is 11.2. The fraction of sp³-hybridized carbons (Fsp3) is 0.333. The van der Waals surface area contributed by atoms with Crippen LogP contribution < -0.4 is 4.57 Å². The number of hydrogen-bond acceptors (Lipinski definition) is 2. The Kier molecular flexibility index (Phi) is 3.29. The van der Waals surface area contributed by atoms with E-state index in [9.17, 15) is 4.79 Å². The molecule has 0 atom stereocenters. The number of hydrogen-bond donors (Lipinski definition) is 0. The van der Waals surface area contributed by atoms with Crippen LogP contribution in [0.2, 0.25) is 0 Å². The molecule has 1 aromatic heterocycles. The van der Waals surface area contributed by atoms with Crippen molar-refractivity contribution in [3.63, 3.8) is 0 Å². The van der Waals surface area contributed by atoms with Gasteiger partial charge in [0, 0.05) is 24.8 Å². The smallest absolute Gasteiger partial charge is 0.237 e. The minimum atomic E-state index is 0.206. The number of amides is 1. The van der Waals surface area contributed by atoms with E-state index in [1.807, 2.05) is 47.8 Å². The molecule has 0 unspecified atom stereocenters. The van der Waals surface area contributed by atoms with Gasteiger partial charge in [-0.3, -0.25) is 4.79 Å². The number of rotatable bonds is 2. The van der Waals surface area contributed by atoms with Crippen LogP contribution in [0.5, 0.6) is 0 Å². The molecule has 3 nitrogen and oxygen atoms in total. The lowest BCUT2D eigenvalue weighted by atomic mass is 10.3. The predicted octanol–water partition coefficient (Wildman–Crippen LogP) is 1.40. The highest BCUT2D eigenvalue weighted by molar-refractivity contribution is 8.04. The summed E-state index contributed by atoms with van der Waals surface area (Å²) in [6.07, 6.45) is 4.07. The Balaban J connectivity index is 2.31. The van der Waals surface area contributed by atoms with Crippen LogP contribution in [0.25, 0.3) is 6.08 Å². The van der Waals surface area contributed by atoms with Crippen LogP contribution in [-0.4, -0.2) is 23.1 Å². The van der Waals surface area contributed by atoms with E-state index in [1.54, 1.807) is 11.8 Å². The largest absolute Gasteiger partial charge is 0.306 e. The van der Waals surface area contributed by atoms with Gasteiger partial charge in [0.25, 0.3) is 0 Å². The molecule has 1 aliphatic heterocycles. The van der Waals surface area contributed by atoms with Gasteiger partial charge in [-0.05, 0) is 13.0 Å². The van der Waals surface area contributed by atoms with Crippen LogP contribution in [0, 0.1) is 0 Å². The van der Waals surface area contributed by atoms with Crippen molar-refractivity contribution in [1.29, 1.82) is 0 Å². The first-order chi connectivity index (χ1) is 7.72. The summed E-state index contributed by atoms with van der Waals surface area (Å²) in [5.41, 5.74) is 1.11. The van der Waals surface area contributed by atoms with Crippen LogP contribution >= 0.6 is 11.8 Å². The summed E-state index contributed by atoms with van der Waals surface area (Å²) in [6.45, 7) is 2.75. The molecular formula is C12H15N2OS+. The van der Waals surface area contributed by atoms with Gasteiger partial charge in [-0.25, -0.2) is 4.57 Å². The van der Waals surface area contributed by atoms with Crippen molar-refractivity contribution < 1.29 is 9.36 Å². The summed E-state index contributed by atoms with van der Waals surface area (Å²) < 4.78 is 2.05. The fourth-order valence-corrected chi connectivity index (χ4v) is 2.70. The van der Waals surface area contributed by atoms with E-state index in [0.29, 0.717) is 5.75 Å². The van der Waals surface area contributed by atoms with E-state index < -0.39 is 0 Å². The maximum absolute atomic E-state index is 11.5. The quantitative estimate of drug-likeness (QED) is 0.724. The summed E-state index contributed by atoms with van der Waals surface area (Å²) in [5, 5.41) is 1.05. The van der Waals surface area contributed by atoms with Gasteiger partial charge in [0.1, 0.15) is 7.05 Å². The second kappa shape index (κ2) is 4.70. The third kappa shape index (κ3) is 2.11. The average molecular weight is 235 g/mol. The molecule has 0 aromatic carbocycles. The van der Waals surface area contributed by atoms with Gasteiger partial charge in [0.2, 0.25) is 11.6 Å². The van der Waals surface area contributed by atoms with E-state index in [-0.39, 0.29) is 5.91 Å². The van der Waals surface area contributed by atoms with Gasteiger partial charge in [0.05, 0.1) is 10.8 Å². The highest BCUT2D eigenvalue weighted by Gasteiger charge is 2.25. The summed E-state index contributed by atoms with van der Waals surface area (Å²) in [6, 6.07) is 6.04. The molecule has 0 bridgehead atoms. The summed E-state index contributed by atoms with van der Waals surface area (Å²) >= 11 is 1.61. The second-order valence-corrected chi connectivity index (χ2v) is 4.64. The Labute approximate surface area is 99.8 Å². The highest BCUT2D eigenvalue weighted by atomic mass is 32.2. The van der Waals surface area contributed by atoms with E-state index in [4.69, 9.17) is 0 Å². The number of carbonyl (C=O) groups excluding carboxylic acids is 1. The number of nitrogens with zero attached hydrogens (tertiary/aromatic N) is 2. The molecule has 84 valence electrons. The third-order valence-electron chi connectivity index (χ3n) is 2.59. The van der Waals surface area contributed by atoms with Crippen molar-refractivity contribution in [3.8, 4) is 0 Å². The van der Waals surface area contributed by atoms with Crippen LogP contribution in [0.3, 0.4) is 0 Å². The Morgan fingerprint density at radius 3 is 3.06 bits per heavy atom. The second-order valence-electron chi connectivity index (χ2n) is 3.65. The van der Waals surface area contributed by atoms with Gasteiger partial charge in [0.15, 0.2) is 6.20 Å². The topological polar surface area (TPSA) is 24.2 Å². The number of pyridine rings is 1. The van der Waals surface area contributed by atoms with Gasteiger partial charge in [-0.2, -0.15) is 0 Å². The van der Waals surface area contributed by atoms with Crippen molar-refractivity contribution in [3.05, 3.63) is 35.1 Å².